The van der Waals surface area contributed by atoms with Crippen molar-refractivity contribution in [3.63, 3.8) is 0 Å². The Kier molecular flexibility index (Phi) is 10.1. The van der Waals surface area contributed by atoms with Crippen molar-refractivity contribution >= 4 is 5.97 Å². The second-order valence-corrected chi connectivity index (χ2v) is 8.05. The van der Waals surface area contributed by atoms with E-state index < -0.39 is 0 Å². The summed E-state index contributed by atoms with van der Waals surface area (Å²) in [5, 5.41) is 10.7. The molecule has 1 N–H and O–H groups in total. The maximum atomic E-state index is 11.6. The number of ether oxygens (including phenoxy) is 1. The van der Waals surface area contributed by atoms with Crippen LogP contribution in [-0.4, -0.2) is 23.8 Å². The molecule has 0 saturated heterocycles. The summed E-state index contributed by atoms with van der Waals surface area (Å²) in [5.41, 5.74) is 0.106. The number of aliphatic hydroxyl groups excluding tert-OH is 1. The zero-order chi connectivity index (χ0) is 18.2. The van der Waals surface area contributed by atoms with Crippen molar-refractivity contribution in [3.8, 4) is 0 Å². The van der Waals surface area contributed by atoms with Gasteiger partial charge < -0.3 is 9.84 Å². The van der Waals surface area contributed by atoms with E-state index in [1.54, 1.807) is 0 Å². The van der Waals surface area contributed by atoms with Crippen molar-refractivity contribution in [2.45, 2.75) is 87.2 Å². The van der Waals surface area contributed by atoms with E-state index in [9.17, 15) is 9.90 Å². The van der Waals surface area contributed by atoms with Gasteiger partial charge in [-0.1, -0.05) is 48.5 Å². The molecule has 1 aliphatic carbocycles. The fourth-order valence-corrected chi connectivity index (χ4v) is 3.74. The molecule has 0 aromatic heterocycles. The first-order chi connectivity index (χ1) is 10.7. The predicted molar refractivity (Wildman–Crippen MR) is 97.2 cm³/mol. The number of aliphatic hydroxyl groups is 1. The minimum atomic E-state index is -0.219. The van der Waals surface area contributed by atoms with E-state index in [1.165, 1.54) is 0 Å². The fraction of sp³-hybridized carbons (Fsp3) is 0.950. The molecule has 138 valence electrons. The standard InChI is InChI=1S/C18H34O3.C2H6/c1-7-21-16(19)9-8-13-10-14(12(2)3)17(20)15(11-13)18(4,5)6;1-2/h12-15,17,20H,7-11H2,1-6H3;1-2H3. The lowest BCUT2D eigenvalue weighted by molar-refractivity contribution is -0.143. The summed E-state index contributed by atoms with van der Waals surface area (Å²) in [6.07, 6.45) is 3.24. The van der Waals surface area contributed by atoms with E-state index >= 15 is 0 Å². The molecule has 0 bridgehead atoms. The van der Waals surface area contributed by atoms with Crippen LogP contribution in [0.1, 0.15) is 81.1 Å². The van der Waals surface area contributed by atoms with Crippen LogP contribution in [-0.2, 0) is 9.53 Å². The van der Waals surface area contributed by atoms with Gasteiger partial charge >= 0.3 is 5.97 Å². The summed E-state index contributed by atoms with van der Waals surface area (Å²) < 4.78 is 5.03. The molecule has 1 aliphatic rings. The molecule has 1 fully saturated rings. The maximum absolute atomic E-state index is 11.6. The fourth-order valence-electron chi connectivity index (χ4n) is 3.74. The lowest BCUT2D eigenvalue weighted by Gasteiger charge is -2.46. The molecular weight excluding hydrogens is 288 g/mol. The Morgan fingerprint density at radius 2 is 1.78 bits per heavy atom. The summed E-state index contributed by atoms with van der Waals surface area (Å²) in [6.45, 7) is 17.3. The summed E-state index contributed by atoms with van der Waals surface area (Å²) in [5.74, 6) is 1.57. The molecule has 4 atom stereocenters. The van der Waals surface area contributed by atoms with Crippen LogP contribution in [0.2, 0.25) is 0 Å². The van der Waals surface area contributed by atoms with Gasteiger partial charge in [0.05, 0.1) is 12.7 Å². The monoisotopic (exact) mass is 328 g/mol. The SMILES string of the molecule is CC.CCOC(=O)CCC1CC(C(C)C)C(O)C(C(C)(C)C)C1. The Morgan fingerprint density at radius 3 is 2.22 bits per heavy atom. The highest BCUT2D eigenvalue weighted by atomic mass is 16.5. The van der Waals surface area contributed by atoms with Gasteiger partial charge in [0.25, 0.3) is 0 Å². The van der Waals surface area contributed by atoms with E-state index in [0.717, 1.165) is 19.3 Å². The minimum Gasteiger partial charge on any atom is -0.466 e. The van der Waals surface area contributed by atoms with Crippen LogP contribution in [0.3, 0.4) is 0 Å². The van der Waals surface area contributed by atoms with Gasteiger partial charge in [0.1, 0.15) is 0 Å². The van der Waals surface area contributed by atoms with E-state index in [0.29, 0.717) is 36.7 Å². The van der Waals surface area contributed by atoms with Gasteiger partial charge in [0, 0.05) is 6.42 Å². The average molecular weight is 329 g/mol. The topological polar surface area (TPSA) is 46.5 Å². The number of esters is 1. The van der Waals surface area contributed by atoms with Gasteiger partial charge in [-0.15, -0.1) is 0 Å². The van der Waals surface area contributed by atoms with Crippen molar-refractivity contribution < 1.29 is 14.6 Å². The second kappa shape index (κ2) is 10.3. The van der Waals surface area contributed by atoms with Crippen molar-refractivity contribution in [2.24, 2.45) is 29.1 Å². The van der Waals surface area contributed by atoms with Gasteiger partial charge in [-0.3, -0.25) is 4.79 Å². The quantitative estimate of drug-likeness (QED) is 0.717. The Morgan fingerprint density at radius 1 is 1.22 bits per heavy atom. The smallest absolute Gasteiger partial charge is 0.305 e. The maximum Gasteiger partial charge on any atom is 0.305 e. The molecular formula is C20H40O3. The minimum absolute atomic E-state index is 0.0861. The van der Waals surface area contributed by atoms with Crippen LogP contribution in [0.4, 0.5) is 0 Å². The Hall–Kier alpha value is -0.570. The molecule has 1 rings (SSSR count). The van der Waals surface area contributed by atoms with Crippen LogP contribution in [0.5, 0.6) is 0 Å². The van der Waals surface area contributed by atoms with Gasteiger partial charge in [-0.25, -0.2) is 0 Å². The molecule has 0 aromatic rings. The summed E-state index contributed by atoms with van der Waals surface area (Å²) >= 11 is 0. The van der Waals surface area contributed by atoms with Gasteiger partial charge in [0.15, 0.2) is 0 Å². The normalized spacial score (nSPS) is 28.1. The van der Waals surface area contributed by atoms with Crippen LogP contribution in [0.15, 0.2) is 0 Å². The van der Waals surface area contributed by atoms with Crippen LogP contribution in [0.25, 0.3) is 0 Å². The van der Waals surface area contributed by atoms with E-state index in [2.05, 4.69) is 34.6 Å². The van der Waals surface area contributed by atoms with E-state index in [4.69, 9.17) is 4.74 Å². The molecule has 0 aliphatic heterocycles. The largest absolute Gasteiger partial charge is 0.466 e. The highest BCUT2D eigenvalue weighted by molar-refractivity contribution is 5.69. The second-order valence-electron chi connectivity index (χ2n) is 8.05. The molecule has 1 saturated carbocycles. The Balaban J connectivity index is 0.00000232. The molecule has 4 unspecified atom stereocenters. The molecule has 0 aromatic carbocycles. The first-order valence-corrected chi connectivity index (χ1v) is 9.50. The van der Waals surface area contributed by atoms with Crippen molar-refractivity contribution in [2.75, 3.05) is 6.61 Å². The van der Waals surface area contributed by atoms with Gasteiger partial charge in [-0.05, 0) is 55.3 Å². The number of rotatable bonds is 5. The van der Waals surface area contributed by atoms with Gasteiger partial charge in [-0.2, -0.15) is 0 Å². The first kappa shape index (κ1) is 22.4. The lowest BCUT2D eigenvalue weighted by Crippen LogP contribution is -2.45. The molecule has 0 radical (unpaired) electrons. The summed E-state index contributed by atoms with van der Waals surface area (Å²) in [6, 6.07) is 0. The van der Waals surface area contributed by atoms with Gasteiger partial charge in [0.2, 0.25) is 0 Å². The molecule has 23 heavy (non-hydrogen) atoms. The Bertz CT molecular complexity index is 330. The number of carbonyl (C=O) groups is 1. The van der Waals surface area contributed by atoms with Crippen molar-refractivity contribution in [1.82, 2.24) is 0 Å². The number of hydrogen-bond donors (Lipinski definition) is 1. The third kappa shape index (κ3) is 7.24. The predicted octanol–water partition coefficient (Wildman–Crippen LogP) is 5.06. The van der Waals surface area contributed by atoms with E-state index in [1.807, 2.05) is 20.8 Å². The van der Waals surface area contributed by atoms with E-state index in [-0.39, 0.29) is 17.5 Å². The molecule has 0 amide bonds. The van der Waals surface area contributed by atoms with Crippen molar-refractivity contribution in [1.29, 1.82) is 0 Å². The zero-order valence-electron chi connectivity index (χ0n) is 16.7. The highest BCUT2D eigenvalue weighted by Crippen LogP contribution is 2.46. The Labute approximate surface area is 144 Å². The molecule has 0 heterocycles. The molecule has 3 nitrogen and oxygen atoms in total. The number of hydrogen-bond acceptors (Lipinski definition) is 3. The molecule has 0 spiro atoms. The number of carbonyl (C=O) groups excluding carboxylic acids is 1. The summed E-state index contributed by atoms with van der Waals surface area (Å²) in [7, 11) is 0. The average Bonchev–Trinajstić information content (AvgIpc) is 2.47. The third-order valence-corrected chi connectivity index (χ3v) is 5.07. The van der Waals surface area contributed by atoms with Crippen LogP contribution >= 0.6 is 0 Å². The highest BCUT2D eigenvalue weighted by Gasteiger charge is 2.42. The van der Waals surface area contributed by atoms with Crippen LogP contribution < -0.4 is 0 Å². The third-order valence-electron chi connectivity index (χ3n) is 5.07. The summed E-state index contributed by atoms with van der Waals surface area (Å²) in [4.78, 5) is 11.6. The lowest BCUT2D eigenvalue weighted by atomic mass is 9.61. The first-order valence-electron chi connectivity index (χ1n) is 9.50. The zero-order valence-corrected chi connectivity index (χ0v) is 16.7. The molecule has 3 heteroatoms. The van der Waals surface area contributed by atoms with Crippen molar-refractivity contribution in [3.05, 3.63) is 0 Å². The van der Waals surface area contributed by atoms with Crippen LogP contribution in [0, 0.1) is 29.1 Å².